The summed E-state index contributed by atoms with van der Waals surface area (Å²) in [5.74, 6) is 0.549. The predicted octanol–water partition coefficient (Wildman–Crippen LogP) is 4.07. The van der Waals surface area contributed by atoms with E-state index in [9.17, 15) is 9.59 Å². The molecular formula is C23H18O4. The molecule has 0 saturated carbocycles. The highest BCUT2D eigenvalue weighted by Gasteiger charge is 2.34. The molecule has 0 aliphatic heterocycles. The largest absolute Gasteiger partial charge is 0.496 e. The van der Waals surface area contributed by atoms with Crippen molar-refractivity contribution in [3.8, 4) is 11.5 Å². The second-order valence-corrected chi connectivity index (χ2v) is 6.38. The van der Waals surface area contributed by atoms with E-state index in [1.807, 2.05) is 30.3 Å². The maximum atomic E-state index is 13.2. The van der Waals surface area contributed by atoms with Crippen molar-refractivity contribution in [2.75, 3.05) is 14.2 Å². The Morgan fingerprint density at radius 3 is 2.00 bits per heavy atom. The number of hydrogen-bond donors (Lipinski definition) is 0. The van der Waals surface area contributed by atoms with E-state index in [1.165, 1.54) is 7.11 Å². The van der Waals surface area contributed by atoms with Crippen LogP contribution in [0, 0.1) is 0 Å². The molecule has 4 rings (SSSR count). The number of ketones is 2. The first-order valence-electron chi connectivity index (χ1n) is 8.66. The van der Waals surface area contributed by atoms with Gasteiger partial charge in [-0.3, -0.25) is 9.59 Å². The third kappa shape index (κ3) is 2.70. The van der Waals surface area contributed by atoms with Crippen LogP contribution in [-0.2, 0) is 6.42 Å². The summed E-state index contributed by atoms with van der Waals surface area (Å²) in [5.41, 5.74) is 3.27. The molecular weight excluding hydrogens is 340 g/mol. The number of benzene rings is 3. The Hall–Kier alpha value is -3.40. The van der Waals surface area contributed by atoms with Crippen LogP contribution < -0.4 is 9.47 Å². The van der Waals surface area contributed by atoms with Crippen LogP contribution in [0.15, 0.2) is 60.7 Å². The average Bonchev–Trinajstić information content (AvgIpc) is 2.72. The highest BCUT2D eigenvalue weighted by molar-refractivity contribution is 6.29. The molecule has 0 bridgehead atoms. The molecule has 0 saturated heterocycles. The number of fused-ring (bicyclic) bond motifs is 2. The number of carbonyl (C=O) groups excluding carboxylic acids is 2. The van der Waals surface area contributed by atoms with Gasteiger partial charge in [-0.25, -0.2) is 0 Å². The lowest BCUT2D eigenvalue weighted by atomic mass is 9.81. The predicted molar refractivity (Wildman–Crippen MR) is 102 cm³/mol. The highest BCUT2D eigenvalue weighted by atomic mass is 16.5. The molecule has 0 unspecified atom stereocenters. The normalized spacial score (nSPS) is 12.4. The molecule has 4 nitrogen and oxygen atoms in total. The molecule has 1 aliphatic carbocycles. The molecule has 1 aliphatic rings. The van der Waals surface area contributed by atoms with Gasteiger partial charge < -0.3 is 9.47 Å². The van der Waals surface area contributed by atoms with Crippen molar-refractivity contribution in [1.82, 2.24) is 0 Å². The van der Waals surface area contributed by atoms with Crippen LogP contribution in [0.2, 0.25) is 0 Å². The fraction of sp³-hybridized carbons (Fsp3) is 0.130. The highest BCUT2D eigenvalue weighted by Crippen LogP contribution is 2.41. The minimum Gasteiger partial charge on any atom is -0.496 e. The maximum Gasteiger partial charge on any atom is 0.198 e. The van der Waals surface area contributed by atoms with Gasteiger partial charge in [0.05, 0.1) is 19.8 Å². The van der Waals surface area contributed by atoms with E-state index >= 15 is 0 Å². The smallest absolute Gasteiger partial charge is 0.198 e. The Kier molecular flexibility index (Phi) is 4.24. The molecule has 0 atom stereocenters. The van der Waals surface area contributed by atoms with Gasteiger partial charge in [0.15, 0.2) is 11.6 Å². The van der Waals surface area contributed by atoms with E-state index < -0.39 is 0 Å². The van der Waals surface area contributed by atoms with Crippen molar-refractivity contribution in [2.24, 2.45) is 0 Å². The fourth-order valence-electron chi connectivity index (χ4n) is 3.61. The maximum absolute atomic E-state index is 13.2. The monoisotopic (exact) mass is 358 g/mol. The zero-order chi connectivity index (χ0) is 19.0. The Morgan fingerprint density at radius 1 is 0.741 bits per heavy atom. The first-order valence-corrected chi connectivity index (χ1v) is 8.66. The molecule has 0 amide bonds. The van der Waals surface area contributed by atoms with E-state index in [1.54, 1.807) is 37.4 Å². The fourth-order valence-corrected chi connectivity index (χ4v) is 3.61. The summed E-state index contributed by atoms with van der Waals surface area (Å²) in [7, 11) is 3.07. The lowest BCUT2D eigenvalue weighted by molar-refractivity contribution is 0.0976. The number of carbonyl (C=O) groups is 2. The zero-order valence-electron chi connectivity index (χ0n) is 15.1. The number of rotatable bonds is 4. The van der Waals surface area contributed by atoms with Gasteiger partial charge in [0.25, 0.3) is 0 Å². The second-order valence-electron chi connectivity index (χ2n) is 6.38. The first-order chi connectivity index (χ1) is 13.2. The van der Waals surface area contributed by atoms with Crippen LogP contribution in [0.5, 0.6) is 11.5 Å². The SMILES string of the molecule is COc1cc2c(c(OC)c1Cc1ccccc1)C(=O)c1ccccc1C2=O. The Balaban J connectivity index is 1.96. The molecule has 27 heavy (non-hydrogen) atoms. The lowest BCUT2D eigenvalue weighted by Crippen LogP contribution is -2.22. The summed E-state index contributed by atoms with van der Waals surface area (Å²) in [6, 6.07) is 18.4. The van der Waals surface area contributed by atoms with Crippen LogP contribution in [-0.4, -0.2) is 25.8 Å². The van der Waals surface area contributed by atoms with Crippen LogP contribution in [0.4, 0.5) is 0 Å². The number of methoxy groups -OCH3 is 2. The molecule has 134 valence electrons. The number of ether oxygens (including phenoxy) is 2. The topological polar surface area (TPSA) is 52.6 Å². The van der Waals surface area contributed by atoms with E-state index in [-0.39, 0.29) is 11.6 Å². The summed E-state index contributed by atoms with van der Waals surface area (Å²) < 4.78 is 11.2. The summed E-state index contributed by atoms with van der Waals surface area (Å²) in [6.07, 6.45) is 0.531. The second kappa shape index (κ2) is 6.72. The summed E-state index contributed by atoms with van der Waals surface area (Å²) in [6.45, 7) is 0. The summed E-state index contributed by atoms with van der Waals surface area (Å²) in [4.78, 5) is 26.2. The van der Waals surface area contributed by atoms with Crippen molar-refractivity contribution >= 4 is 11.6 Å². The van der Waals surface area contributed by atoms with Crippen LogP contribution >= 0.6 is 0 Å². The van der Waals surface area contributed by atoms with Crippen molar-refractivity contribution in [3.63, 3.8) is 0 Å². The average molecular weight is 358 g/mol. The van der Waals surface area contributed by atoms with Crippen molar-refractivity contribution in [1.29, 1.82) is 0 Å². The molecule has 0 heterocycles. The van der Waals surface area contributed by atoms with Gasteiger partial charge >= 0.3 is 0 Å². The quantitative estimate of drug-likeness (QED) is 0.552. The van der Waals surface area contributed by atoms with Crippen molar-refractivity contribution in [3.05, 3.63) is 94.0 Å². The Bertz CT molecular complexity index is 1050. The van der Waals surface area contributed by atoms with E-state index in [4.69, 9.17) is 9.47 Å². The van der Waals surface area contributed by atoms with Gasteiger partial charge in [-0.1, -0.05) is 54.6 Å². The molecule has 0 fully saturated rings. The number of hydrogen-bond acceptors (Lipinski definition) is 4. The van der Waals surface area contributed by atoms with Crippen molar-refractivity contribution < 1.29 is 19.1 Å². The molecule has 0 radical (unpaired) electrons. The van der Waals surface area contributed by atoms with Crippen LogP contribution in [0.3, 0.4) is 0 Å². The zero-order valence-corrected chi connectivity index (χ0v) is 15.1. The van der Waals surface area contributed by atoms with Gasteiger partial charge in [0.2, 0.25) is 0 Å². The van der Waals surface area contributed by atoms with Gasteiger partial charge in [0, 0.05) is 28.7 Å². The molecule has 0 aromatic heterocycles. The minimum absolute atomic E-state index is 0.192. The Morgan fingerprint density at radius 2 is 1.37 bits per heavy atom. The van der Waals surface area contributed by atoms with Crippen LogP contribution in [0.25, 0.3) is 0 Å². The third-order valence-corrected chi connectivity index (χ3v) is 4.88. The van der Waals surface area contributed by atoms with Crippen molar-refractivity contribution in [2.45, 2.75) is 6.42 Å². The van der Waals surface area contributed by atoms with Gasteiger partial charge in [-0.05, 0) is 11.6 Å². The van der Waals surface area contributed by atoms with E-state index in [0.29, 0.717) is 40.2 Å². The lowest BCUT2D eigenvalue weighted by Gasteiger charge is -2.23. The van der Waals surface area contributed by atoms with E-state index in [2.05, 4.69) is 0 Å². The van der Waals surface area contributed by atoms with Gasteiger partial charge in [-0.15, -0.1) is 0 Å². The molecule has 3 aromatic rings. The third-order valence-electron chi connectivity index (χ3n) is 4.88. The summed E-state index contributed by atoms with van der Waals surface area (Å²) >= 11 is 0. The molecule has 4 heteroatoms. The van der Waals surface area contributed by atoms with Crippen LogP contribution in [0.1, 0.15) is 43.0 Å². The van der Waals surface area contributed by atoms with Gasteiger partial charge in [0.1, 0.15) is 11.5 Å². The minimum atomic E-state index is -0.200. The summed E-state index contributed by atoms with van der Waals surface area (Å²) in [5, 5.41) is 0. The molecule has 0 spiro atoms. The molecule has 3 aromatic carbocycles. The molecule has 0 N–H and O–H groups in total. The first kappa shape index (κ1) is 17.0. The van der Waals surface area contributed by atoms with E-state index in [0.717, 1.165) is 11.1 Å². The standard InChI is InChI=1S/C23H18O4/c1-26-19-13-18-20(22(25)16-11-7-6-10-15(16)21(18)24)23(27-2)17(19)12-14-8-4-3-5-9-14/h3-11,13H,12H2,1-2H3. The Labute approximate surface area is 157 Å². The van der Waals surface area contributed by atoms with Gasteiger partial charge in [-0.2, -0.15) is 0 Å².